The summed E-state index contributed by atoms with van der Waals surface area (Å²) in [6.07, 6.45) is 5.02. The summed E-state index contributed by atoms with van der Waals surface area (Å²) in [6.45, 7) is 2.05. The molecule has 3 nitrogen and oxygen atoms in total. The predicted octanol–water partition coefficient (Wildman–Crippen LogP) is 4.03. The fraction of sp³-hybridized carbons (Fsp3) is 0.353. The number of benzene rings is 1. The van der Waals surface area contributed by atoms with Crippen molar-refractivity contribution in [1.29, 1.82) is 0 Å². The van der Waals surface area contributed by atoms with Crippen molar-refractivity contribution < 1.29 is 9.13 Å². The van der Waals surface area contributed by atoms with Gasteiger partial charge in [0, 0.05) is 37.6 Å². The Morgan fingerprint density at radius 3 is 2.82 bits per heavy atom. The first-order valence-corrected chi connectivity index (χ1v) is 7.75. The first-order valence-electron chi connectivity index (χ1n) is 7.37. The minimum atomic E-state index is -0.203. The zero-order chi connectivity index (χ0) is 15.4. The number of hydrogen-bond donors (Lipinski definition) is 1. The van der Waals surface area contributed by atoms with Crippen molar-refractivity contribution in [1.82, 2.24) is 4.98 Å². The summed E-state index contributed by atoms with van der Waals surface area (Å²) in [5, 5.41) is 3.98. The van der Waals surface area contributed by atoms with Gasteiger partial charge < -0.3 is 10.1 Å². The molecule has 0 unspecified atom stereocenters. The maximum atomic E-state index is 13.6. The summed E-state index contributed by atoms with van der Waals surface area (Å²) in [5.41, 5.74) is 1.71. The normalized spacial score (nSPS) is 17.2. The van der Waals surface area contributed by atoms with E-state index in [4.69, 9.17) is 16.3 Å². The molecule has 1 aliphatic rings. The Balaban J connectivity index is 1.85. The number of aromatic nitrogens is 1. The van der Waals surface area contributed by atoms with Crippen LogP contribution in [0.5, 0.6) is 0 Å². The van der Waals surface area contributed by atoms with Crippen LogP contribution in [-0.4, -0.2) is 24.7 Å². The van der Waals surface area contributed by atoms with Crippen molar-refractivity contribution in [3.63, 3.8) is 0 Å². The Hall–Kier alpha value is -1.65. The summed E-state index contributed by atoms with van der Waals surface area (Å²) in [4.78, 5) is 3.99. The smallest absolute Gasteiger partial charge is 0.123 e. The first-order chi connectivity index (χ1) is 10.7. The fourth-order valence-electron chi connectivity index (χ4n) is 2.93. The molecule has 1 aromatic heterocycles. The number of ether oxygens (including phenoxy) is 1. The summed E-state index contributed by atoms with van der Waals surface area (Å²) >= 11 is 6.15. The van der Waals surface area contributed by atoms with Gasteiger partial charge in [-0.1, -0.05) is 23.7 Å². The molecule has 116 valence electrons. The molecule has 0 amide bonds. The number of halogens is 2. The Labute approximate surface area is 134 Å². The summed E-state index contributed by atoms with van der Waals surface area (Å²) < 4.78 is 19.1. The molecule has 0 atom stereocenters. The third-order valence-corrected chi connectivity index (χ3v) is 4.58. The molecule has 1 aliphatic heterocycles. The minimum absolute atomic E-state index is 0.146. The van der Waals surface area contributed by atoms with E-state index in [1.807, 2.05) is 12.1 Å². The van der Waals surface area contributed by atoms with E-state index in [-0.39, 0.29) is 11.2 Å². The van der Waals surface area contributed by atoms with Crippen LogP contribution >= 0.6 is 11.6 Å². The van der Waals surface area contributed by atoms with Gasteiger partial charge in [-0.05, 0) is 36.6 Å². The van der Waals surface area contributed by atoms with Crippen LogP contribution in [0.2, 0.25) is 5.02 Å². The number of rotatable bonds is 4. The molecule has 0 bridgehead atoms. The molecule has 0 spiro atoms. The molecule has 2 aromatic rings. The summed E-state index contributed by atoms with van der Waals surface area (Å²) in [6, 6.07) is 8.71. The largest absolute Gasteiger partial charge is 0.383 e. The second-order valence-electron chi connectivity index (χ2n) is 5.61. The Morgan fingerprint density at radius 2 is 2.09 bits per heavy atom. The third-order valence-electron chi connectivity index (χ3n) is 4.28. The minimum Gasteiger partial charge on any atom is -0.383 e. The topological polar surface area (TPSA) is 34.2 Å². The van der Waals surface area contributed by atoms with E-state index in [1.54, 1.807) is 24.5 Å². The van der Waals surface area contributed by atoms with Crippen molar-refractivity contribution in [3.8, 4) is 0 Å². The zero-order valence-corrected chi connectivity index (χ0v) is 12.9. The Kier molecular flexibility index (Phi) is 4.60. The number of pyridine rings is 1. The van der Waals surface area contributed by atoms with Crippen LogP contribution in [0.4, 0.5) is 10.1 Å². The van der Waals surface area contributed by atoms with E-state index in [0.29, 0.717) is 24.8 Å². The molecule has 5 heteroatoms. The molecule has 3 rings (SSSR count). The van der Waals surface area contributed by atoms with E-state index < -0.39 is 0 Å². The number of anilines is 1. The predicted molar refractivity (Wildman–Crippen MR) is 85.9 cm³/mol. The molecular formula is C17H18ClFN2O. The van der Waals surface area contributed by atoms with Crippen molar-refractivity contribution >= 4 is 17.3 Å². The Morgan fingerprint density at radius 1 is 1.27 bits per heavy atom. The van der Waals surface area contributed by atoms with Crippen LogP contribution in [0.3, 0.4) is 0 Å². The lowest BCUT2D eigenvalue weighted by Crippen LogP contribution is -2.40. The molecule has 1 N–H and O–H groups in total. The monoisotopic (exact) mass is 320 g/mol. The standard InChI is InChI=1S/C17H18ClFN2O/c18-15-11-20-7-4-16(15)21-12-17(5-8-22-9-6-17)13-2-1-3-14(19)10-13/h1-4,7,10-11H,5-6,8-9,12H2,(H,20,21). The van der Waals surface area contributed by atoms with Crippen LogP contribution in [0, 0.1) is 5.82 Å². The van der Waals surface area contributed by atoms with E-state index in [1.165, 1.54) is 6.07 Å². The highest BCUT2D eigenvalue weighted by atomic mass is 35.5. The highest BCUT2D eigenvalue weighted by Gasteiger charge is 2.34. The van der Waals surface area contributed by atoms with Gasteiger partial charge in [0.05, 0.1) is 10.7 Å². The second kappa shape index (κ2) is 6.63. The first kappa shape index (κ1) is 15.3. The summed E-state index contributed by atoms with van der Waals surface area (Å²) in [5.74, 6) is -0.203. The van der Waals surface area contributed by atoms with Gasteiger partial charge in [0.2, 0.25) is 0 Å². The van der Waals surface area contributed by atoms with Crippen LogP contribution in [0.15, 0.2) is 42.7 Å². The average Bonchev–Trinajstić information content (AvgIpc) is 2.55. The van der Waals surface area contributed by atoms with Gasteiger partial charge >= 0.3 is 0 Å². The van der Waals surface area contributed by atoms with E-state index in [2.05, 4.69) is 10.3 Å². The fourth-order valence-corrected chi connectivity index (χ4v) is 3.12. The quantitative estimate of drug-likeness (QED) is 0.923. The molecular weight excluding hydrogens is 303 g/mol. The average molecular weight is 321 g/mol. The number of nitrogens with one attached hydrogen (secondary N) is 1. The van der Waals surface area contributed by atoms with Crippen LogP contribution in [0.25, 0.3) is 0 Å². The van der Waals surface area contributed by atoms with Gasteiger partial charge in [0.25, 0.3) is 0 Å². The second-order valence-corrected chi connectivity index (χ2v) is 6.02. The van der Waals surface area contributed by atoms with Gasteiger partial charge in [0.15, 0.2) is 0 Å². The zero-order valence-electron chi connectivity index (χ0n) is 12.2. The van der Waals surface area contributed by atoms with Crippen molar-refractivity contribution in [3.05, 3.63) is 59.1 Å². The molecule has 0 saturated carbocycles. The highest BCUT2D eigenvalue weighted by Crippen LogP contribution is 2.36. The van der Waals surface area contributed by atoms with Gasteiger partial charge in [-0.15, -0.1) is 0 Å². The summed E-state index contributed by atoms with van der Waals surface area (Å²) in [7, 11) is 0. The van der Waals surface area contributed by atoms with Gasteiger partial charge in [-0.3, -0.25) is 4.98 Å². The van der Waals surface area contributed by atoms with Crippen LogP contribution in [0.1, 0.15) is 18.4 Å². The lowest BCUT2D eigenvalue weighted by molar-refractivity contribution is 0.0543. The van der Waals surface area contributed by atoms with Crippen LogP contribution < -0.4 is 5.32 Å². The Bertz CT molecular complexity index is 644. The number of hydrogen-bond acceptors (Lipinski definition) is 3. The molecule has 0 aliphatic carbocycles. The molecule has 1 fully saturated rings. The third kappa shape index (κ3) is 3.23. The van der Waals surface area contributed by atoms with Gasteiger partial charge in [-0.25, -0.2) is 4.39 Å². The lowest BCUT2D eigenvalue weighted by Gasteiger charge is -2.38. The van der Waals surface area contributed by atoms with Crippen LogP contribution in [-0.2, 0) is 10.2 Å². The van der Waals surface area contributed by atoms with E-state index >= 15 is 0 Å². The lowest BCUT2D eigenvalue weighted by atomic mass is 9.74. The number of nitrogens with zero attached hydrogens (tertiary/aromatic N) is 1. The SMILES string of the molecule is Fc1cccc(C2(CNc3ccncc3Cl)CCOCC2)c1. The van der Waals surface area contributed by atoms with Gasteiger partial charge in [0.1, 0.15) is 5.82 Å². The van der Waals surface area contributed by atoms with E-state index in [0.717, 1.165) is 24.1 Å². The van der Waals surface area contributed by atoms with E-state index in [9.17, 15) is 4.39 Å². The molecule has 1 saturated heterocycles. The maximum Gasteiger partial charge on any atom is 0.123 e. The molecule has 22 heavy (non-hydrogen) atoms. The maximum absolute atomic E-state index is 13.6. The van der Waals surface area contributed by atoms with Crippen molar-refractivity contribution in [2.45, 2.75) is 18.3 Å². The van der Waals surface area contributed by atoms with Crippen molar-refractivity contribution in [2.24, 2.45) is 0 Å². The molecule has 2 heterocycles. The van der Waals surface area contributed by atoms with Crippen molar-refractivity contribution in [2.75, 3.05) is 25.1 Å². The molecule has 0 radical (unpaired) electrons. The van der Waals surface area contributed by atoms with Gasteiger partial charge in [-0.2, -0.15) is 0 Å². The highest BCUT2D eigenvalue weighted by molar-refractivity contribution is 6.33. The molecule has 1 aromatic carbocycles.